The number of rotatable bonds is 3. The molecular formula is C12H12F2O3. The normalized spacial score (nSPS) is 11.1. The molecule has 0 aromatic heterocycles. The van der Waals surface area contributed by atoms with E-state index in [1.807, 2.05) is 0 Å². The minimum Gasteiger partial charge on any atom is -0.451 e. The first-order valence-electron chi connectivity index (χ1n) is 4.93. The minimum absolute atomic E-state index is 0.434. The molecule has 0 aliphatic carbocycles. The molecule has 1 rings (SSSR count). The van der Waals surface area contributed by atoms with Crippen LogP contribution in [0.15, 0.2) is 18.2 Å². The number of hydrogen-bond acceptors (Lipinski definition) is 3. The SMILES string of the molecule is CC(=O)OC(C)(C)C(=O)c1cc(F)ccc1F. The van der Waals surface area contributed by atoms with E-state index in [2.05, 4.69) is 0 Å². The average Bonchev–Trinajstić information content (AvgIpc) is 2.18. The molecule has 0 N–H and O–H groups in total. The summed E-state index contributed by atoms with van der Waals surface area (Å²) in [6, 6.07) is 2.54. The Hall–Kier alpha value is -1.78. The van der Waals surface area contributed by atoms with E-state index in [1.165, 1.54) is 13.8 Å². The topological polar surface area (TPSA) is 43.4 Å². The zero-order valence-corrected chi connectivity index (χ0v) is 9.71. The van der Waals surface area contributed by atoms with E-state index in [0.717, 1.165) is 25.1 Å². The van der Waals surface area contributed by atoms with Crippen LogP contribution in [0.25, 0.3) is 0 Å². The van der Waals surface area contributed by atoms with E-state index in [-0.39, 0.29) is 0 Å². The van der Waals surface area contributed by atoms with Gasteiger partial charge in [0.15, 0.2) is 5.60 Å². The molecule has 0 fully saturated rings. The molecule has 0 bridgehead atoms. The van der Waals surface area contributed by atoms with Gasteiger partial charge in [-0.15, -0.1) is 0 Å². The third kappa shape index (κ3) is 3.09. The van der Waals surface area contributed by atoms with Crippen molar-refractivity contribution in [1.29, 1.82) is 0 Å². The van der Waals surface area contributed by atoms with Gasteiger partial charge in [0.25, 0.3) is 0 Å². The Morgan fingerprint density at radius 2 is 1.82 bits per heavy atom. The average molecular weight is 242 g/mol. The van der Waals surface area contributed by atoms with E-state index in [4.69, 9.17) is 4.74 Å². The van der Waals surface area contributed by atoms with Crippen molar-refractivity contribution in [3.63, 3.8) is 0 Å². The number of carbonyl (C=O) groups excluding carboxylic acids is 2. The largest absolute Gasteiger partial charge is 0.451 e. The maximum Gasteiger partial charge on any atom is 0.303 e. The lowest BCUT2D eigenvalue weighted by molar-refractivity contribution is -0.149. The highest BCUT2D eigenvalue weighted by Gasteiger charge is 2.33. The predicted molar refractivity (Wildman–Crippen MR) is 56.5 cm³/mol. The van der Waals surface area contributed by atoms with Crippen LogP contribution in [0.1, 0.15) is 31.1 Å². The first kappa shape index (κ1) is 13.3. The molecule has 0 radical (unpaired) electrons. The lowest BCUT2D eigenvalue weighted by Gasteiger charge is -2.22. The van der Waals surface area contributed by atoms with E-state index >= 15 is 0 Å². The van der Waals surface area contributed by atoms with Crippen LogP contribution in [0.2, 0.25) is 0 Å². The summed E-state index contributed by atoms with van der Waals surface area (Å²) in [5.41, 5.74) is -1.96. The van der Waals surface area contributed by atoms with Crippen LogP contribution in [0.5, 0.6) is 0 Å². The van der Waals surface area contributed by atoms with Crippen LogP contribution < -0.4 is 0 Å². The highest BCUT2D eigenvalue weighted by Crippen LogP contribution is 2.20. The Balaban J connectivity index is 3.11. The summed E-state index contributed by atoms with van der Waals surface area (Å²) in [5, 5.41) is 0. The zero-order valence-electron chi connectivity index (χ0n) is 9.71. The quantitative estimate of drug-likeness (QED) is 0.604. The molecule has 5 heteroatoms. The first-order chi connectivity index (χ1) is 7.74. The molecule has 0 saturated carbocycles. The van der Waals surface area contributed by atoms with Crippen LogP contribution in [0.4, 0.5) is 8.78 Å². The van der Waals surface area contributed by atoms with Crippen molar-refractivity contribution in [2.24, 2.45) is 0 Å². The Morgan fingerprint density at radius 1 is 1.24 bits per heavy atom. The van der Waals surface area contributed by atoms with Gasteiger partial charge in [0.05, 0.1) is 5.56 Å². The van der Waals surface area contributed by atoms with Crippen molar-refractivity contribution in [3.8, 4) is 0 Å². The third-order valence-electron chi connectivity index (χ3n) is 2.12. The van der Waals surface area contributed by atoms with Gasteiger partial charge in [-0.05, 0) is 32.0 Å². The van der Waals surface area contributed by atoms with Gasteiger partial charge in [0.2, 0.25) is 5.78 Å². The van der Waals surface area contributed by atoms with Crippen molar-refractivity contribution < 1.29 is 23.1 Å². The van der Waals surface area contributed by atoms with Crippen molar-refractivity contribution in [1.82, 2.24) is 0 Å². The fourth-order valence-electron chi connectivity index (χ4n) is 1.40. The molecule has 0 spiro atoms. The Morgan fingerprint density at radius 3 is 2.35 bits per heavy atom. The molecule has 0 saturated heterocycles. The summed E-state index contributed by atoms with van der Waals surface area (Å²) in [7, 11) is 0. The predicted octanol–water partition coefficient (Wildman–Crippen LogP) is 2.49. The van der Waals surface area contributed by atoms with E-state index in [0.29, 0.717) is 0 Å². The van der Waals surface area contributed by atoms with Gasteiger partial charge in [-0.3, -0.25) is 9.59 Å². The first-order valence-corrected chi connectivity index (χ1v) is 4.93. The fourth-order valence-corrected chi connectivity index (χ4v) is 1.40. The second kappa shape index (κ2) is 4.61. The molecule has 0 atom stereocenters. The lowest BCUT2D eigenvalue weighted by Crippen LogP contribution is -2.37. The number of carbonyl (C=O) groups is 2. The fraction of sp³-hybridized carbons (Fsp3) is 0.333. The Labute approximate surface area is 97.4 Å². The molecule has 3 nitrogen and oxygen atoms in total. The summed E-state index contributed by atoms with van der Waals surface area (Å²) in [4.78, 5) is 22.7. The van der Waals surface area contributed by atoms with Gasteiger partial charge in [0.1, 0.15) is 11.6 Å². The van der Waals surface area contributed by atoms with Gasteiger partial charge < -0.3 is 4.74 Å². The molecular weight excluding hydrogens is 230 g/mol. The van der Waals surface area contributed by atoms with Crippen molar-refractivity contribution in [3.05, 3.63) is 35.4 Å². The maximum absolute atomic E-state index is 13.4. The molecule has 1 aromatic carbocycles. The van der Waals surface area contributed by atoms with Crippen LogP contribution in [0.3, 0.4) is 0 Å². The van der Waals surface area contributed by atoms with E-state index in [1.54, 1.807) is 0 Å². The number of ether oxygens (including phenoxy) is 1. The number of Topliss-reactive ketones (excluding diaryl/α,β-unsaturated/α-hetero) is 1. The highest BCUT2D eigenvalue weighted by molar-refractivity contribution is 6.03. The zero-order chi connectivity index (χ0) is 13.2. The second-order valence-electron chi connectivity index (χ2n) is 4.06. The summed E-state index contributed by atoms with van der Waals surface area (Å²) in [6.07, 6.45) is 0. The van der Waals surface area contributed by atoms with Crippen molar-refractivity contribution in [2.75, 3.05) is 0 Å². The Bertz CT molecular complexity index is 467. The molecule has 0 amide bonds. The van der Waals surface area contributed by atoms with Gasteiger partial charge >= 0.3 is 5.97 Å². The molecule has 17 heavy (non-hydrogen) atoms. The maximum atomic E-state index is 13.4. The monoisotopic (exact) mass is 242 g/mol. The summed E-state index contributed by atoms with van der Waals surface area (Å²) >= 11 is 0. The van der Waals surface area contributed by atoms with Gasteiger partial charge in [-0.2, -0.15) is 0 Å². The smallest absolute Gasteiger partial charge is 0.303 e. The van der Waals surface area contributed by atoms with E-state index in [9.17, 15) is 18.4 Å². The number of esters is 1. The lowest BCUT2D eigenvalue weighted by atomic mass is 9.96. The minimum atomic E-state index is -1.53. The van der Waals surface area contributed by atoms with Crippen LogP contribution in [-0.2, 0) is 9.53 Å². The van der Waals surface area contributed by atoms with Crippen LogP contribution in [0, 0.1) is 11.6 Å². The standard InChI is InChI=1S/C12H12F2O3/c1-7(15)17-12(2,3)11(16)9-6-8(13)4-5-10(9)14/h4-6H,1-3H3. The molecule has 1 aromatic rings. The van der Waals surface area contributed by atoms with Crippen molar-refractivity contribution in [2.45, 2.75) is 26.4 Å². The molecule has 0 unspecified atom stereocenters. The van der Waals surface area contributed by atoms with Gasteiger partial charge in [0, 0.05) is 6.92 Å². The van der Waals surface area contributed by atoms with Gasteiger partial charge in [-0.1, -0.05) is 0 Å². The number of hydrogen-bond donors (Lipinski definition) is 0. The summed E-state index contributed by atoms with van der Waals surface area (Å²) < 4.78 is 31.1. The Kier molecular flexibility index (Phi) is 3.60. The highest BCUT2D eigenvalue weighted by atomic mass is 19.1. The van der Waals surface area contributed by atoms with Gasteiger partial charge in [-0.25, -0.2) is 8.78 Å². The molecule has 0 heterocycles. The summed E-state index contributed by atoms with van der Waals surface area (Å²) in [5.74, 6) is -3.03. The van der Waals surface area contributed by atoms with Crippen molar-refractivity contribution >= 4 is 11.8 Å². The number of ketones is 1. The number of benzene rings is 1. The number of halogens is 2. The second-order valence-corrected chi connectivity index (χ2v) is 4.06. The molecule has 0 aliphatic heterocycles. The van der Waals surface area contributed by atoms with Crippen LogP contribution in [-0.4, -0.2) is 17.4 Å². The molecule has 0 aliphatic rings. The summed E-state index contributed by atoms with van der Waals surface area (Å²) in [6.45, 7) is 3.78. The molecule has 92 valence electrons. The van der Waals surface area contributed by atoms with Crippen LogP contribution >= 0.6 is 0 Å². The van der Waals surface area contributed by atoms with E-state index < -0.39 is 34.6 Å². The third-order valence-corrected chi connectivity index (χ3v) is 2.12.